The van der Waals surface area contributed by atoms with Crippen molar-refractivity contribution in [1.82, 2.24) is 0 Å². The van der Waals surface area contributed by atoms with Gasteiger partial charge in [-0.2, -0.15) is 13.2 Å². The zero-order valence-electron chi connectivity index (χ0n) is 8.04. The van der Waals surface area contributed by atoms with Crippen molar-refractivity contribution in [3.63, 3.8) is 0 Å². The predicted molar refractivity (Wildman–Crippen MR) is 48.6 cm³/mol. The van der Waals surface area contributed by atoms with Crippen LogP contribution < -0.4 is 0 Å². The van der Waals surface area contributed by atoms with Gasteiger partial charge in [0.2, 0.25) is 0 Å². The normalized spacial score (nSPS) is 13.9. The Hall–Kier alpha value is -1.23. The molecule has 1 unspecified atom stereocenters. The average Bonchev–Trinajstić information content (AvgIpc) is 2.08. The number of halogens is 3. The van der Waals surface area contributed by atoms with Gasteiger partial charge in [-0.25, -0.2) is 0 Å². The Morgan fingerprint density at radius 1 is 1.33 bits per heavy atom. The molecule has 0 radical (unpaired) electrons. The van der Waals surface area contributed by atoms with Crippen molar-refractivity contribution in [3.8, 4) is 5.75 Å². The topological polar surface area (TPSA) is 40.5 Å². The van der Waals surface area contributed by atoms with Crippen LogP contribution in [-0.4, -0.2) is 22.5 Å². The van der Waals surface area contributed by atoms with E-state index in [-0.39, 0.29) is 11.3 Å². The van der Waals surface area contributed by atoms with Crippen LogP contribution in [0.25, 0.3) is 0 Å². The van der Waals surface area contributed by atoms with Gasteiger partial charge in [0.05, 0.1) is 0 Å². The van der Waals surface area contributed by atoms with Crippen LogP contribution in [0.3, 0.4) is 0 Å². The Bertz CT molecular complexity index is 347. The number of aliphatic hydroxyl groups excluding tert-OH is 1. The lowest BCUT2D eigenvalue weighted by molar-refractivity contribution is -0.203. The van der Waals surface area contributed by atoms with Crippen LogP contribution in [0.4, 0.5) is 13.2 Å². The number of hydrogen-bond acceptors (Lipinski definition) is 2. The van der Waals surface area contributed by atoms with Crippen molar-refractivity contribution in [2.75, 3.05) is 0 Å². The van der Waals surface area contributed by atoms with Crippen molar-refractivity contribution in [1.29, 1.82) is 0 Å². The fourth-order valence-electron chi connectivity index (χ4n) is 1.17. The molecule has 0 aliphatic heterocycles. The van der Waals surface area contributed by atoms with Gasteiger partial charge < -0.3 is 10.2 Å². The summed E-state index contributed by atoms with van der Waals surface area (Å²) in [6.07, 6.45) is -7.72. The number of rotatable bonds is 2. The lowest BCUT2D eigenvalue weighted by Crippen LogP contribution is -2.30. The Morgan fingerprint density at radius 2 is 1.93 bits per heavy atom. The van der Waals surface area contributed by atoms with E-state index in [9.17, 15) is 18.3 Å². The number of alkyl halides is 3. The second kappa shape index (κ2) is 4.10. The highest BCUT2D eigenvalue weighted by atomic mass is 19.4. The number of phenolic OH excluding ortho intramolecular Hbond substituents is 1. The summed E-state index contributed by atoms with van der Waals surface area (Å²) < 4.78 is 36.0. The molecule has 0 aromatic heterocycles. The van der Waals surface area contributed by atoms with Crippen molar-refractivity contribution in [2.24, 2.45) is 0 Å². The molecule has 0 aliphatic rings. The van der Waals surface area contributed by atoms with Gasteiger partial charge in [0, 0.05) is 6.42 Å². The standard InChI is InChI=1S/C10H11F3O2/c1-6-2-3-7(8(14)4-6)5-9(15)10(11,12)13/h2-4,9,14-15H,5H2,1H3. The van der Waals surface area contributed by atoms with Crippen LogP contribution in [0.5, 0.6) is 5.75 Å². The van der Waals surface area contributed by atoms with Crippen LogP contribution in [0, 0.1) is 6.92 Å². The molecule has 1 aromatic carbocycles. The molecule has 0 saturated heterocycles. The maximum Gasteiger partial charge on any atom is 0.414 e. The van der Waals surface area contributed by atoms with E-state index in [4.69, 9.17) is 5.11 Å². The van der Waals surface area contributed by atoms with Crippen LogP contribution in [0.2, 0.25) is 0 Å². The van der Waals surface area contributed by atoms with Crippen LogP contribution >= 0.6 is 0 Å². The molecule has 0 aliphatic carbocycles. The summed E-state index contributed by atoms with van der Waals surface area (Å²) in [6.45, 7) is 1.71. The zero-order valence-corrected chi connectivity index (χ0v) is 8.04. The van der Waals surface area contributed by atoms with Crippen molar-refractivity contribution in [3.05, 3.63) is 29.3 Å². The maximum atomic E-state index is 12.0. The molecule has 0 fully saturated rings. The van der Waals surface area contributed by atoms with Gasteiger partial charge in [-0.05, 0) is 24.1 Å². The van der Waals surface area contributed by atoms with Gasteiger partial charge in [-0.15, -0.1) is 0 Å². The van der Waals surface area contributed by atoms with Gasteiger partial charge in [0.1, 0.15) is 5.75 Å². The van der Waals surface area contributed by atoms with E-state index in [1.165, 1.54) is 12.1 Å². The van der Waals surface area contributed by atoms with Crippen molar-refractivity contribution >= 4 is 0 Å². The first-order valence-corrected chi connectivity index (χ1v) is 4.34. The molecular weight excluding hydrogens is 209 g/mol. The van der Waals surface area contributed by atoms with Gasteiger partial charge in [0.15, 0.2) is 6.10 Å². The first-order chi connectivity index (χ1) is 6.80. The molecule has 1 aromatic rings. The Morgan fingerprint density at radius 3 is 2.40 bits per heavy atom. The van der Waals surface area contributed by atoms with E-state index in [0.717, 1.165) is 5.56 Å². The van der Waals surface area contributed by atoms with E-state index < -0.39 is 18.7 Å². The summed E-state index contributed by atoms with van der Waals surface area (Å²) in [5.41, 5.74) is 0.836. The van der Waals surface area contributed by atoms with E-state index in [1.54, 1.807) is 13.0 Å². The van der Waals surface area contributed by atoms with Crippen molar-refractivity contribution in [2.45, 2.75) is 25.6 Å². The van der Waals surface area contributed by atoms with Crippen LogP contribution in [0.15, 0.2) is 18.2 Å². The lowest BCUT2D eigenvalue weighted by atomic mass is 10.0. The molecule has 5 heteroatoms. The molecule has 0 heterocycles. The third-order valence-electron chi connectivity index (χ3n) is 2.03. The predicted octanol–water partition coefficient (Wildman–Crippen LogP) is 2.17. The number of benzene rings is 1. The fourth-order valence-corrected chi connectivity index (χ4v) is 1.17. The molecule has 1 atom stereocenters. The maximum absolute atomic E-state index is 12.0. The van der Waals surface area contributed by atoms with Crippen LogP contribution in [-0.2, 0) is 6.42 Å². The highest BCUT2D eigenvalue weighted by molar-refractivity contribution is 5.36. The highest BCUT2D eigenvalue weighted by Gasteiger charge is 2.38. The second-order valence-electron chi connectivity index (χ2n) is 3.39. The summed E-state index contributed by atoms with van der Waals surface area (Å²) in [7, 11) is 0. The Balaban J connectivity index is 2.82. The minimum absolute atomic E-state index is 0.0884. The fraction of sp³-hybridized carbons (Fsp3) is 0.400. The number of phenols is 1. The second-order valence-corrected chi connectivity index (χ2v) is 3.39. The monoisotopic (exact) mass is 220 g/mol. The molecule has 15 heavy (non-hydrogen) atoms. The number of aliphatic hydroxyl groups is 1. The quantitative estimate of drug-likeness (QED) is 0.801. The molecule has 2 N–H and O–H groups in total. The summed E-state index contributed by atoms with van der Waals surface area (Å²) in [5, 5.41) is 18.1. The van der Waals surface area contributed by atoms with E-state index in [1.807, 2.05) is 0 Å². The molecule has 1 rings (SSSR count). The minimum Gasteiger partial charge on any atom is -0.508 e. The molecule has 0 spiro atoms. The third kappa shape index (κ3) is 3.13. The summed E-state index contributed by atoms with van der Waals surface area (Å²) in [5.74, 6) is -0.224. The summed E-state index contributed by atoms with van der Waals surface area (Å²) in [4.78, 5) is 0. The SMILES string of the molecule is Cc1ccc(CC(O)C(F)(F)F)c(O)c1. The smallest absolute Gasteiger partial charge is 0.414 e. The lowest BCUT2D eigenvalue weighted by Gasteiger charge is -2.15. The number of hydrogen-bond donors (Lipinski definition) is 2. The van der Waals surface area contributed by atoms with Gasteiger partial charge in [-0.3, -0.25) is 0 Å². The molecular formula is C10H11F3O2. The highest BCUT2D eigenvalue weighted by Crippen LogP contribution is 2.26. The first kappa shape index (κ1) is 11.8. The third-order valence-corrected chi connectivity index (χ3v) is 2.03. The van der Waals surface area contributed by atoms with Gasteiger partial charge >= 0.3 is 6.18 Å². The van der Waals surface area contributed by atoms with Crippen molar-refractivity contribution < 1.29 is 23.4 Å². The molecule has 2 nitrogen and oxygen atoms in total. The first-order valence-electron chi connectivity index (χ1n) is 4.34. The largest absolute Gasteiger partial charge is 0.508 e. The Labute approximate surface area is 85.0 Å². The van der Waals surface area contributed by atoms with E-state index in [0.29, 0.717) is 0 Å². The molecule has 0 bridgehead atoms. The number of aryl methyl sites for hydroxylation is 1. The zero-order chi connectivity index (χ0) is 11.6. The molecule has 84 valence electrons. The Kier molecular flexibility index (Phi) is 3.24. The average molecular weight is 220 g/mol. The van der Waals surface area contributed by atoms with E-state index in [2.05, 4.69) is 0 Å². The molecule has 0 amide bonds. The number of aromatic hydroxyl groups is 1. The van der Waals surface area contributed by atoms with Gasteiger partial charge in [0.25, 0.3) is 0 Å². The summed E-state index contributed by atoms with van der Waals surface area (Å²) >= 11 is 0. The van der Waals surface area contributed by atoms with Crippen LogP contribution in [0.1, 0.15) is 11.1 Å². The minimum atomic E-state index is -4.66. The molecule has 0 saturated carbocycles. The van der Waals surface area contributed by atoms with E-state index >= 15 is 0 Å². The van der Waals surface area contributed by atoms with Gasteiger partial charge in [-0.1, -0.05) is 12.1 Å². The summed E-state index contributed by atoms with van der Waals surface area (Å²) in [6, 6.07) is 4.32.